The van der Waals surface area contributed by atoms with Crippen LogP contribution in [0.5, 0.6) is 0 Å². The molecule has 2 aliphatic rings. The molecule has 0 radical (unpaired) electrons. The number of rotatable bonds is 5. The highest BCUT2D eigenvalue weighted by Gasteiger charge is 2.30. The Morgan fingerprint density at radius 1 is 1.41 bits per heavy atom. The van der Waals surface area contributed by atoms with E-state index in [1.54, 1.807) is 11.3 Å². The standard InChI is InChI=1S/C22H30N4O2S/c1-3-15(2)22(28)26-9-4-6-16(12-26)20-23-19-8-10-25(13-17-7-5-11-29-17)14-18(19)21(27)24-20/h5,7,11,15-16H,3-4,6,8-10,12-14H2,1-2H3,(H,23,24,27)/t15-,16+/m1/s1. The van der Waals surface area contributed by atoms with Crippen molar-refractivity contribution in [1.82, 2.24) is 19.8 Å². The van der Waals surface area contributed by atoms with E-state index in [0.717, 1.165) is 62.4 Å². The minimum atomic E-state index is -0.00810. The average molecular weight is 415 g/mol. The smallest absolute Gasteiger partial charge is 0.255 e. The minimum absolute atomic E-state index is 0.00810. The second-order valence-corrected chi connectivity index (χ2v) is 9.38. The van der Waals surface area contributed by atoms with Crippen LogP contribution in [0.25, 0.3) is 0 Å². The number of piperidine rings is 1. The van der Waals surface area contributed by atoms with Crippen LogP contribution in [-0.4, -0.2) is 45.3 Å². The largest absolute Gasteiger partial charge is 0.342 e. The van der Waals surface area contributed by atoms with Gasteiger partial charge in [0.15, 0.2) is 0 Å². The number of amides is 1. The molecule has 2 aliphatic heterocycles. The maximum atomic E-state index is 12.8. The number of fused-ring (bicyclic) bond motifs is 1. The van der Waals surface area contributed by atoms with Crippen molar-refractivity contribution in [1.29, 1.82) is 0 Å². The van der Waals surface area contributed by atoms with Crippen LogP contribution in [0.15, 0.2) is 22.3 Å². The number of aromatic nitrogens is 2. The van der Waals surface area contributed by atoms with Crippen molar-refractivity contribution in [2.45, 2.75) is 58.5 Å². The summed E-state index contributed by atoms with van der Waals surface area (Å²) in [6, 6.07) is 4.21. The third kappa shape index (κ3) is 4.46. The van der Waals surface area contributed by atoms with Gasteiger partial charge in [0.1, 0.15) is 5.82 Å². The highest BCUT2D eigenvalue weighted by atomic mass is 32.1. The monoisotopic (exact) mass is 414 g/mol. The van der Waals surface area contributed by atoms with Gasteiger partial charge in [-0.3, -0.25) is 14.5 Å². The Kier molecular flexibility index (Phi) is 6.15. The number of hydrogen-bond acceptors (Lipinski definition) is 5. The van der Waals surface area contributed by atoms with Gasteiger partial charge in [-0.15, -0.1) is 11.3 Å². The van der Waals surface area contributed by atoms with E-state index in [-0.39, 0.29) is 23.3 Å². The molecule has 7 heteroatoms. The van der Waals surface area contributed by atoms with Gasteiger partial charge < -0.3 is 9.88 Å². The van der Waals surface area contributed by atoms with E-state index in [0.29, 0.717) is 13.1 Å². The topological polar surface area (TPSA) is 69.3 Å². The van der Waals surface area contributed by atoms with E-state index in [4.69, 9.17) is 4.98 Å². The van der Waals surface area contributed by atoms with Crippen LogP contribution in [0.2, 0.25) is 0 Å². The van der Waals surface area contributed by atoms with Crippen molar-refractivity contribution in [2.24, 2.45) is 5.92 Å². The Labute approximate surface area is 176 Å². The number of carbonyl (C=O) groups is 1. The van der Waals surface area contributed by atoms with Crippen LogP contribution >= 0.6 is 11.3 Å². The summed E-state index contributed by atoms with van der Waals surface area (Å²) >= 11 is 1.75. The van der Waals surface area contributed by atoms with E-state index < -0.39 is 0 Å². The van der Waals surface area contributed by atoms with Crippen LogP contribution in [-0.2, 0) is 24.3 Å². The van der Waals surface area contributed by atoms with E-state index in [9.17, 15) is 9.59 Å². The molecule has 0 saturated carbocycles. The molecule has 29 heavy (non-hydrogen) atoms. The Morgan fingerprint density at radius 3 is 3.03 bits per heavy atom. The Hall–Kier alpha value is -1.99. The molecule has 6 nitrogen and oxygen atoms in total. The summed E-state index contributed by atoms with van der Waals surface area (Å²) in [5.41, 5.74) is 1.74. The van der Waals surface area contributed by atoms with Crippen LogP contribution in [0.3, 0.4) is 0 Å². The van der Waals surface area contributed by atoms with E-state index in [1.807, 2.05) is 18.7 Å². The van der Waals surface area contributed by atoms with Gasteiger partial charge in [-0.05, 0) is 30.7 Å². The molecule has 0 aliphatic carbocycles. The van der Waals surface area contributed by atoms with Crippen LogP contribution in [0.4, 0.5) is 0 Å². The highest BCUT2D eigenvalue weighted by Crippen LogP contribution is 2.27. The second kappa shape index (κ2) is 8.79. The van der Waals surface area contributed by atoms with Crippen molar-refractivity contribution in [3.05, 3.63) is 49.8 Å². The van der Waals surface area contributed by atoms with Crippen molar-refractivity contribution < 1.29 is 4.79 Å². The third-order valence-corrected chi connectivity index (χ3v) is 7.14. The molecular formula is C22H30N4O2S. The zero-order valence-electron chi connectivity index (χ0n) is 17.3. The van der Waals surface area contributed by atoms with Gasteiger partial charge in [0, 0.05) is 55.9 Å². The second-order valence-electron chi connectivity index (χ2n) is 8.35. The summed E-state index contributed by atoms with van der Waals surface area (Å²) in [7, 11) is 0. The lowest BCUT2D eigenvalue weighted by Gasteiger charge is -2.34. The van der Waals surface area contributed by atoms with Gasteiger partial charge in [-0.1, -0.05) is 19.9 Å². The first kappa shape index (κ1) is 20.3. The molecule has 156 valence electrons. The first-order chi connectivity index (χ1) is 14.0. The fourth-order valence-corrected chi connectivity index (χ4v) is 5.08. The number of nitrogens with one attached hydrogen (secondary N) is 1. The molecule has 1 N–H and O–H groups in total. The number of likely N-dealkylation sites (tertiary alicyclic amines) is 1. The first-order valence-corrected chi connectivity index (χ1v) is 11.6. The van der Waals surface area contributed by atoms with Crippen LogP contribution in [0.1, 0.15) is 61.0 Å². The summed E-state index contributed by atoms with van der Waals surface area (Å²) < 4.78 is 0. The summed E-state index contributed by atoms with van der Waals surface area (Å²) in [4.78, 5) is 39.0. The number of nitrogens with zero attached hydrogens (tertiary/aromatic N) is 3. The molecule has 1 fully saturated rings. The molecule has 1 saturated heterocycles. The lowest BCUT2D eigenvalue weighted by molar-refractivity contribution is -0.136. The maximum Gasteiger partial charge on any atom is 0.255 e. The van der Waals surface area contributed by atoms with Crippen LogP contribution < -0.4 is 5.56 Å². The van der Waals surface area contributed by atoms with Gasteiger partial charge >= 0.3 is 0 Å². The molecule has 1 amide bonds. The van der Waals surface area contributed by atoms with E-state index >= 15 is 0 Å². The summed E-state index contributed by atoms with van der Waals surface area (Å²) in [6.45, 7) is 7.97. The fourth-order valence-electron chi connectivity index (χ4n) is 4.34. The zero-order chi connectivity index (χ0) is 20.4. The SMILES string of the molecule is CC[C@@H](C)C(=O)N1CCC[C@H](c2nc3c(c(=O)[nH]2)CN(Cc2cccs2)CC3)C1. The quantitative estimate of drug-likeness (QED) is 0.816. The molecule has 2 atom stereocenters. The van der Waals surface area contributed by atoms with Crippen molar-refractivity contribution in [3.8, 4) is 0 Å². The Morgan fingerprint density at radius 2 is 2.28 bits per heavy atom. The molecular weight excluding hydrogens is 384 g/mol. The van der Waals surface area contributed by atoms with Crippen LogP contribution in [0, 0.1) is 5.92 Å². The third-order valence-electron chi connectivity index (χ3n) is 6.28. The van der Waals surface area contributed by atoms with Gasteiger partial charge in [0.05, 0.1) is 11.3 Å². The Bertz CT molecular complexity index is 908. The number of carbonyl (C=O) groups excluding carboxylic acids is 1. The summed E-state index contributed by atoms with van der Waals surface area (Å²) in [5, 5.41) is 2.09. The van der Waals surface area contributed by atoms with Gasteiger partial charge in [-0.2, -0.15) is 0 Å². The fraction of sp³-hybridized carbons (Fsp3) is 0.591. The number of hydrogen-bond donors (Lipinski definition) is 1. The Balaban J connectivity index is 1.48. The number of aromatic amines is 1. The number of thiophene rings is 1. The van der Waals surface area contributed by atoms with Crippen molar-refractivity contribution in [2.75, 3.05) is 19.6 Å². The molecule has 0 bridgehead atoms. The predicted molar refractivity (Wildman–Crippen MR) is 115 cm³/mol. The van der Waals surface area contributed by atoms with Crippen molar-refractivity contribution >= 4 is 17.2 Å². The van der Waals surface area contributed by atoms with Gasteiger partial charge in [0.2, 0.25) is 5.91 Å². The molecule has 0 unspecified atom stereocenters. The maximum absolute atomic E-state index is 12.8. The molecule has 2 aromatic heterocycles. The number of H-pyrrole nitrogens is 1. The molecule has 4 heterocycles. The lowest BCUT2D eigenvalue weighted by atomic mass is 9.95. The zero-order valence-corrected chi connectivity index (χ0v) is 18.1. The normalized spacial score (nSPS) is 21.0. The summed E-state index contributed by atoms with van der Waals surface area (Å²) in [6.07, 6.45) is 3.59. The average Bonchev–Trinajstić information content (AvgIpc) is 3.26. The molecule has 2 aromatic rings. The van der Waals surface area contributed by atoms with Gasteiger partial charge in [0.25, 0.3) is 5.56 Å². The lowest BCUT2D eigenvalue weighted by Crippen LogP contribution is -2.43. The molecule has 0 aromatic carbocycles. The highest BCUT2D eigenvalue weighted by molar-refractivity contribution is 7.09. The molecule has 4 rings (SSSR count). The minimum Gasteiger partial charge on any atom is -0.342 e. The van der Waals surface area contributed by atoms with Crippen molar-refractivity contribution in [3.63, 3.8) is 0 Å². The van der Waals surface area contributed by atoms with E-state index in [2.05, 4.69) is 27.4 Å². The first-order valence-electron chi connectivity index (χ1n) is 10.7. The van der Waals surface area contributed by atoms with Gasteiger partial charge in [-0.25, -0.2) is 4.98 Å². The summed E-state index contributed by atoms with van der Waals surface area (Å²) in [5.74, 6) is 1.17. The van der Waals surface area contributed by atoms with E-state index in [1.165, 1.54) is 4.88 Å². The molecule has 0 spiro atoms. The predicted octanol–water partition coefficient (Wildman–Crippen LogP) is 3.14.